The summed E-state index contributed by atoms with van der Waals surface area (Å²) in [6.45, 7) is 5.28. The fourth-order valence-electron chi connectivity index (χ4n) is 2.33. The molecule has 0 saturated heterocycles. The number of methoxy groups -OCH3 is 1. The number of rotatable bonds is 5. The van der Waals surface area contributed by atoms with E-state index in [1.165, 1.54) is 12.0 Å². The van der Waals surface area contributed by atoms with Crippen molar-refractivity contribution in [2.45, 2.75) is 32.2 Å². The molecule has 0 radical (unpaired) electrons. The average Bonchev–Trinajstić information content (AvgIpc) is 3.18. The van der Waals surface area contributed by atoms with Crippen molar-refractivity contribution < 1.29 is 4.74 Å². The van der Waals surface area contributed by atoms with Crippen LogP contribution in [0.15, 0.2) is 29.3 Å². The maximum Gasteiger partial charge on any atom is 0.191 e. The molecule has 2 rings (SSSR count). The number of hydrogen-bond donors (Lipinski definition) is 2. The Kier molecular flexibility index (Phi) is 7.28. The van der Waals surface area contributed by atoms with Crippen LogP contribution in [0.5, 0.6) is 5.75 Å². The molecule has 3 unspecified atom stereocenters. The third-order valence-electron chi connectivity index (χ3n) is 3.90. The third kappa shape index (κ3) is 5.05. The minimum absolute atomic E-state index is 0. The summed E-state index contributed by atoms with van der Waals surface area (Å²) in [5.41, 5.74) is 1.22. The van der Waals surface area contributed by atoms with E-state index in [2.05, 4.69) is 35.5 Å². The second-order valence-corrected chi connectivity index (χ2v) is 5.56. The van der Waals surface area contributed by atoms with Gasteiger partial charge in [-0.25, -0.2) is 0 Å². The molecule has 0 aliphatic heterocycles. The molecule has 3 atom stereocenters. The van der Waals surface area contributed by atoms with E-state index in [1.807, 2.05) is 25.2 Å². The van der Waals surface area contributed by atoms with Gasteiger partial charge in [0.25, 0.3) is 0 Å². The van der Waals surface area contributed by atoms with E-state index in [1.54, 1.807) is 7.11 Å². The lowest BCUT2D eigenvalue weighted by Gasteiger charge is -2.18. The number of hydrogen-bond acceptors (Lipinski definition) is 2. The molecule has 2 N–H and O–H groups in total. The van der Waals surface area contributed by atoms with Crippen LogP contribution in [0.4, 0.5) is 0 Å². The van der Waals surface area contributed by atoms with Crippen molar-refractivity contribution in [2.24, 2.45) is 10.9 Å². The number of halogens is 1. The zero-order valence-electron chi connectivity index (χ0n) is 13.2. The highest BCUT2D eigenvalue weighted by Crippen LogP contribution is 2.29. The summed E-state index contributed by atoms with van der Waals surface area (Å²) < 4.78 is 5.41. The summed E-state index contributed by atoms with van der Waals surface area (Å²) in [5, 5.41) is 6.83. The third-order valence-corrected chi connectivity index (χ3v) is 3.90. The van der Waals surface area contributed by atoms with Gasteiger partial charge in [0.05, 0.1) is 7.11 Å². The van der Waals surface area contributed by atoms with Crippen LogP contribution in [0.2, 0.25) is 0 Å². The predicted molar refractivity (Wildman–Crippen MR) is 98.9 cm³/mol. The summed E-state index contributed by atoms with van der Waals surface area (Å²) in [6, 6.07) is 8.75. The summed E-state index contributed by atoms with van der Waals surface area (Å²) in [6.07, 6.45) is 1.24. The normalized spacial score (nSPS) is 22.0. The van der Waals surface area contributed by atoms with Gasteiger partial charge >= 0.3 is 0 Å². The Morgan fingerprint density at radius 2 is 2.10 bits per heavy atom. The smallest absolute Gasteiger partial charge is 0.191 e. The Balaban J connectivity index is 0.00000220. The fraction of sp³-hybridized carbons (Fsp3) is 0.562. The molecule has 21 heavy (non-hydrogen) atoms. The summed E-state index contributed by atoms with van der Waals surface area (Å²) in [7, 11) is 3.53. The van der Waals surface area contributed by atoms with Gasteiger partial charge in [-0.2, -0.15) is 0 Å². The zero-order chi connectivity index (χ0) is 14.5. The lowest BCUT2D eigenvalue weighted by atomic mass is 10.0. The van der Waals surface area contributed by atoms with Crippen LogP contribution in [0, 0.1) is 5.92 Å². The van der Waals surface area contributed by atoms with Gasteiger partial charge < -0.3 is 15.4 Å². The topological polar surface area (TPSA) is 45.7 Å². The molecule has 0 heterocycles. The number of guanidine groups is 1. The van der Waals surface area contributed by atoms with Gasteiger partial charge in [0.1, 0.15) is 5.75 Å². The largest absolute Gasteiger partial charge is 0.496 e. The van der Waals surface area contributed by atoms with Crippen LogP contribution >= 0.6 is 24.0 Å². The molecule has 1 aliphatic rings. The summed E-state index contributed by atoms with van der Waals surface area (Å²) >= 11 is 0. The second kappa shape index (κ2) is 8.46. The Bertz CT molecular complexity index is 478. The zero-order valence-corrected chi connectivity index (χ0v) is 15.5. The van der Waals surface area contributed by atoms with Crippen molar-refractivity contribution >= 4 is 29.9 Å². The Hall–Kier alpha value is -0.980. The molecule has 0 aromatic heterocycles. The van der Waals surface area contributed by atoms with E-state index in [4.69, 9.17) is 4.74 Å². The van der Waals surface area contributed by atoms with Crippen LogP contribution in [0.25, 0.3) is 0 Å². The highest BCUT2D eigenvalue weighted by Gasteiger charge is 2.33. The molecule has 1 aromatic rings. The first-order valence-corrected chi connectivity index (χ1v) is 7.25. The first-order valence-electron chi connectivity index (χ1n) is 7.25. The molecule has 118 valence electrons. The standard InChI is InChI=1S/C16H25N3O.HI/c1-11-9-14(11)19-16(17-3)18-10-12(2)13-7-5-6-8-15(13)20-4;/h5-8,11-12,14H,9-10H2,1-4H3,(H2,17,18,19);1H. The van der Waals surface area contributed by atoms with Crippen molar-refractivity contribution in [2.75, 3.05) is 20.7 Å². The van der Waals surface area contributed by atoms with Crippen molar-refractivity contribution in [1.29, 1.82) is 0 Å². The minimum atomic E-state index is 0. The highest BCUT2D eigenvalue weighted by atomic mass is 127. The van der Waals surface area contributed by atoms with E-state index in [0.717, 1.165) is 24.2 Å². The van der Waals surface area contributed by atoms with Crippen LogP contribution in [-0.4, -0.2) is 32.7 Å². The van der Waals surface area contributed by atoms with E-state index in [9.17, 15) is 0 Å². The van der Waals surface area contributed by atoms with Crippen molar-refractivity contribution in [3.05, 3.63) is 29.8 Å². The van der Waals surface area contributed by atoms with Crippen molar-refractivity contribution in [3.8, 4) is 5.75 Å². The lowest BCUT2D eigenvalue weighted by molar-refractivity contribution is 0.406. The molecule has 1 aromatic carbocycles. The van der Waals surface area contributed by atoms with E-state index in [0.29, 0.717) is 12.0 Å². The van der Waals surface area contributed by atoms with Crippen molar-refractivity contribution in [1.82, 2.24) is 10.6 Å². The number of para-hydroxylation sites is 1. The molecule has 5 heteroatoms. The summed E-state index contributed by atoms with van der Waals surface area (Å²) in [4.78, 5) is 4.27. The molecule has 0 spiro atoms. The van der Waals surface area contributed by atoms with E-state index < -0.39 is 0 Å². The summed E-state index contributed by atoms with van der Waals surface area (Å²) in [5.74, 6) is 2.96. The first-order chi connectivity index (χ1) is 9.65. The molecule has 4 nitrogen and oxygen atoms in total. The molecule has 1 saturated carbocycles. The number of nitrogens with zero attached hydrogens (tertiary/aromatic N) is 1. The minimum Gasteiger partial charge on any atom is -0.496 e. The van der Waals surface area contributed by atoms with Gasteiger partial charge in [0.2, 0.25) is 0 Å². The van der Waals surface area contributed by atoms with Gasteiger partial charge in [-0.1, -0.05) is 32.0 Å². The van der Waals surface area contributed by atoms with Crippen LogP contribution in [0.1, 0.15) is 31.7 Å². The van der Waals surface area contributed by atoms with Gasteiger partial charge in [-0.05, 0) is 24.0 Å². The molecule has 0 amide bonds. The maximum atomic E-state index is 5.41. The Labute approximate surface area is 144 Å². The van der Waals surface area contributed by atoms with Gasteiger partial charge in [-0.15, -0.1) is 24.0 Å². The van der Waals surface area contributed by atoms with Gasteiger partial charge in [0, 0.05) is 25.6 Å². The lowest BCUT2D eigenvalue weighted by Crippen LogP contribution is -2.40. The van der Waals surface area contributed by atoms with E-state index >= 15 is 0 Å². The second-order valence-electron chi connectivity index (χ2n) is 5.56. The monoisotopic (exact) mass is 403 g/mol. The first kappa shape index (κ1) is 18.1. The van der Waals surface area contributed by atoms with E-state index in [-0.39, 0.29) is 24.0 Å². The maximum absolute atomic E-state index is 5.41. The van der Waals surface area contributed by atoms with Crippen LogP contribution in [-0.2, 0) is 0 Å². The quantitative estimate of drug-likeness (QED) is 0.452. The molecule has 1 aliphatic carbocycles. The predicted octanol–water partition coefficient (Wildman–Crippen LogP) is 2.99. The molecular formula is C16H26IN3O. The number of benzene rings is 1. The molecular weight excluding hydrogens is 377 g/mol. The number of ether oxygens (including phenoxy) is 1. The SMILES string of the molecule is CN=C(NCC(C)c1ccccc1OC)NC1CC1C.I. The van der Waals surface area contributed by atoms with Crippen LogP contribution < -0.4 is 15.4 Å². The van der Waals surface area contributed by atoms with Gasteiger partial charge in [0.15, 0.2) is 5.96 Å². The molecule has 1 fully saturated rings. The van der Waals surface area contributed by atoms with Crippen molar-refractivity contribution in [3.63, 3.8) is 0 Å². The molecule has 0 bridgehead atoms. The Morgan fingerprint density at radius 1 is 1.43 bits per heavy atom. The number of nitrogens with one attached hydrogen (secondary N) is 2. The fourth-order valence-corrected chi connectivity index (χ4v) is 2.33. The van der Waals surface area contributed by atoms with Crippen LogP contribution in [0.3, 0.4) is 0 Å². The average molecular weight is 403 g/mol. The Morgan fingerprint density at radius 3 is 2.67 bits per heavy atom. The van der Waals surface area contributed by atoms with Gasteiger partial charge in [-0.3, -0.25) is 4.99 Å². The number of aliphatic imine (C=N–C) groups is 1. The highest BCUT2D eigenvalue weighted by molar-refractivity contribution is 14.0.